The van der Waals surface area contributed by atoms with Crippen LogP contribution in [0.1, 0.15) is 18.7 Å². The second-order valence-electron chi connectivity index (χ2n) is 15.2. The van der Waals surface area contributed by atoms with Gasteiger partial charge < -0.3 is 0 Å². The number of nitrogens with zero attached hydrogens (tertiary/aromatic N) is 2. The van der Waals surface area contributed by atoms with Crippen molar-refractivity contribution in [2.24, 2.45) is 0 Å². The predicted molar refractivity (Wildman–Crippen MR) is 243 cm³/mol. The van der Waals surface area contributed by atoms with Gasteiger partial charge in [0.15, 0.2) is 5.82 Å². The van der Waals surface area contributed by atoms with Gasteiger partial charge in [0, 0.05) is 16.7 Å². The Morgan fingerprint density at radius 2 is 0.845 bits per heavy atom. The van der Waals surface area contributed by atoms with E-state index in [2.05, 4.69) is 206 Å². The van der Waals surface area contributed by atoms with E-state index in [0.717, 1.165) is 52.3 Å². The van der Waals surface area contributed by atoms with E-state index in [4.69, 9.17) is 9.97 Å². The molecule has 58 heavy (non-hydrogen) atoms. The molecule has 0 saturated carbocycles. The fourth-order valence-electron chi connectivity index (χ4n) is 8.90. The van der Waals surface area contributed by atoms with Crippen molar-refractivity contribution < 1.29 is 0 Å². The summed E-state index contributed by atoms with van der Waals surface area (Å²) in [6.45, 7) is 0. The van der Waals surface area contributed by atoms with Crippen molar-refractivity contribution in [1.29, 1.82) is 0 Å². The van der Waals surface area contributed by atoms with Crippen LogP contribution in [-0.2, 0) is 0 Å². The third-order valence-corrected chi connectivity index (χ3v) is 11.7. The van der Waals surface area contributed by atoms with E-state index in [0.29, 0.717) is 0 Å². The lowest BCUT2D eigenvalue weighted by molar-refractivity contribution is 1.03. The molecule has 0 N–H and O–H groups in total. The standard InChI is InChI=1S/C56H38N2/c1-5-15-37(16-6-1)38-27-31-41(32-28-38)50-36-51(58-56(57-50)45-21-11-4-12-22-45)42-33-29-40(30-34-42)48-35-49(39-17-7-2-8-18-39)54-46-25-13-23-43-24-14-26-47(52(43)46)55(54)53(48)44-19-9-3-10-20-44/h1-3,5-11,13-36H,4,12H2. The summed E-state index contributed by atoms with van der Waals surface area (Å²) in [4.78, 5) is 10.3. The Bertz CT molecular complexity index is 3050. The molecule has 2 nitrogen and oxygen atoms in total. The number of aromatic nitrogens is 2. The van der Waals surface area contributed by atoms with Crippen LogP contribution in [-0.4, -0.2) is 9.97 Å². The van der Waals surface area contributed by atoms with Gasteiger partial charge in [-0.05, 0) is 103 Å². The summed E-state index contributed by atoms with van der Waals surface area (Å²) in [6, 6.07) is 68.1. The van der Waals surface area contributed by atoms with Gasteiger partial charge in [-0.3, -0.25) is 0 Å². The summed E-state index contributed by atoms with van der Waals surface area (Å²) in [6.07, 6.45) is 8.67. The van der Waals surface area contributed by atoms with Crippen molar-refractivity contribution in [2.75, 3.05) is 0 Å². The van der Waals surface area contributed by atoms with Crippen molar-refractivity contribution in [3.8, 4) is 89.3 Å². The Kier molecular flexibility index (Phi) is 8.33. The molecule has 1 heterocycles. The highest BCUT2D eigenvalue weighted by Gasteiger charge is 2.30. The third-order valence-electron chi connectivity index (χ3n) is 11.7. The first-order chi connectivity index (χ1) is 28.8. The van der Waals surface area contributed by atoms with E-state index in [9.17, 15) is 0 Å². The van der Waals surface area contributed by atoms with Crippen molar-refractivity contribution in [1.82, 2.24) is 9.97 Å². The van der Waals surface area contributed by atoms with Crippen molar-refractivity contribution in [3.63, 3.8) is 0 Å². The molecule has 0 saturated heterocycles. The predicted octanol–water partition coefficient (Wildman–Crippen LogP) is 15.0. The van der Waals surface area contributed by atoms with E-state index in [1.54, 1.807) is 0 Å². The molecule has 0 amide bonds. The van der Waals surface area contributed by atoms with E-state index in [1.165, 1.54) is 72.0 Å². The van der Waals surface area contributed by atoms with Gasteiger partial charge in [0.2, 0.25) is 0 Å². The van der Waals surface area contributed by atoms with Gasteiger partial charge in [0.05, 0.1) is 11.4 Å². The summed E-state index contributed by atoms with van der Waals surface area (Å²) < 4.78 is 0. The normalized spacial score (nSPS) is 12.7. The highest BCUT2D eigenvalue weighted by atomic mass is 14.9. The number of allylic oxidation sites excluding steroid dienone is 4. The van der Waals surface area contributed by atoms with Gasteiger partial charge in [-0.15, -0.1) is 0 Å². The van der Waals surface area contributed by atoms with E-state index < -0.39 is 0 Å². The highest BCUT2D eigenvalue weighted by molar-refractivity contribution is 6.22. The number of benzene rings is 8. The van der Waals surface area contributed by atoms with Gasteiger partial charge in [0.1, 0.15) is 0 Å². The number of hydrogen-bond donors (Lipinski definition) is 0. The van der Waals surface area contributed by atoms with Crippen LogP contribution in [0.3, 0.4) is 0 Å². The Balaban J connectivity index is 1.08. The highest BCUT2D eigenvalue weighted by Crippen LogP contribution is 2.57. The topological polar surface area (TPSA) is 25.8 Å². The minimum atomic E-state index is 0.755. The number of hydrogen-bond acceptors (Lipinski definition) is 2. The molecule has 11 rings (SSSR count). The Labute approximate surface area is 339 Å². The maximum absolute atomic E-state index is 5.20. The zero-order valence-corrected chi connectivity index (χ0v) is 31.9. The molecule has 0 fully saturated rings. The molecule has 0 radical (unpaired) electrons. The molecule has 0 bridgehead atoms. The Morgan fingerprint density at radius 3 is 1.45 bits per heavy atom. The number of fused-ring (bicyclic) bond motifs is 3. The van der Waals surface area contributed by atoms with Gasteiger partial charge in [-0.2, -0.15) is 0 Å². The van der Waals surface area contributed by atoms with Crippen LogP contribution < -0.4 is 0 Å². The van der Waals surface area contributed by atoms with Crippen LogP contribution in [0.2, 0.25) is 0 Å². The fourth-order valence-corrected chi connectivity index (χ4v) is 8.90. The van der Waals surface area contributed by atoms with Crippen LogP contribution in [0, 0.1) is 0 Å². The minimum absolute atomic E-state index is 0.755. The second kappa shape index (κ2) is 14.3. The zero-order valence-electron chi connectivity index (χ0n) is 31.9. The Morgan fingerprint density at radius 1 is 0.345 bits per heavy atom. The van der Waals surface area contributed by atoms with Crippen LogP contribution in [0.25, 0.3) is 106 Å². The molecular weight excluding hydrogens is 701 g/mol. The second-order valence-corrected chi connectivity index (χ2v) is 15.2. The summed E-state index contributed by atoms with van der Waals surface area (Å²) in [7, 11) is 0. The molecule has 0 unspecified atom stereocenters. The largest absolute Gasteiger partial charge is 0.228 e. The average molecular weight is 739 g/mol. The maximum atomic E-state index is 5.20. The monoisotopic (exact) mass is 738 g/mol. The van der Waals surface area contributed by atoms with Crippen LogP contribution in [0.15, 0.2) is 206 Å². The molecule has 2 heteroatoms. The van der Waals surface area contributed by atoms with Crippen molar-refractivity contribution in [2.45, 2.75) is 12.8 Å². The fraction of sp³-hybridized carbons (Fsp3) is 0.0357. The first-order valence-electron chi connectivity index (χ1n) is 20.1. The number of rotatable bonds is 7. The molecule has 0 spiro atoms. The van der Waals surface area contributed by atoms with Gasteiger partial charge in [-0.25, -0.2) is 9.97 Å². The quantitative estimate of drug-likeness (QED) is 0.163. The van der Waals surface area contributed by atoms with Crippen LogP contribution in [0.4, 0.5) is 0 Å². The maximum Gasteiger partial charge on any atom is 0.160 e. The summed E-state index contributed by atoms with van der Waals surface area (Å²) >= 11 is 0. The van der Waals surface area contributed by atoms with Gasteiger partial charge >= 0.3 is 0 Å². The van der Waals surface area contributed by atoms with Crippen molar-refractivity contribution in [3.05, 3.63) is 212 Å². The summed E-state index contributed by atoms with van der Waals surface area (Å²) in [5.41, 5.74) is 19.9. The van der Waals surface area contributed by atoms with Crippen LogP contribution >= 0.6 is 0 Å². The smallest absolute Gasteiger partial charge is 0.160 e. The van der Waals surface area contributed by atoms with E-state index in [-0.39, 0.29) is 0 Å². The molecule has 0 aliphatic heterocycles. The van der Waals surface area contributed by atoms with E-state index in [1.807, 2.05) is 0 Å². The van der Waals surface area contributed by atoms with Gasteiger partial charge in [-0.1, -0.05) is 194 Å². The molecule has 272 valence electrons. The zero-order chi connectivity index (χ0) is 38.4. The lowest BCUT2D eigenvalue weighted by atomic mass is 9.82. The van der Waals surface area contributed by atoms with Gasteiger partial charge in [0.25, 0.3) is 0 Å². The van der Waals surface area contributed by atoms with Crippen molar-refractivity contribution >= 4 is 16.3 Å². The first kappa shape index (κ1) is 33.9. The molecular formula is C56H38N2. The lowest BCUT2D eigenvalue weighted by Crippen LogP contribution is -2.00. The van der Waals surface area contributed by atoms with E-state index >= 15 is 0 Å². The van der Waals surface area contributed by atoms with Crippen LogP contribution in [0.5, 0.6) is 0 Å². The molecule has 2 aliphatic carbocycles. The molecule has 2 aliphatic rings. The Hall–Kier alpha value is -7.42. The summed E-state index contributed by atoms with van der Waals surface area (Å²) in [5, 5.41) is 2.60. The minimum Gasteiger partial charge on any atom is -0.228 e. The molecule has 8 aromatic carbocycles. The summed E-state index contributed by atoms with van der Waals surface area (Å²) in [5.74, 6) is 0.755. The third kappa shape index (κ3) is 5.90. The SMILES string of the molecule is C1=CC(c2nc(-c3ccc(-c4ccccc4)cc3)cc(-c3ccc(-c4cc(-c5ccccc5)c5c(c4-c4ccccc4)-c4cccc6cccc-5c46)cc3)n2)=CCC1. The average Bonchev–Trinajstić information content (AvgIpc) is 3.65. The molecule has 9 aromatic rings. The molecule has 1 aromatic heterocycles. The lowest BCUT2D eigenvalue weighted by Gasteiger charge is -2.21. The first-order valence-corrected chi connectivity index (χ1v) is 20.1. The molecule has 0 atom stereocenters.